The van der Waals surface area contributed by atoms with Gasteiger partial charge in [-0.2, -0.15) is 0 Å². The summed E-state index contributed by atoms with van der Waals surface area (Å²) >= 11 is 0. The summed E-state index contributed by atoms with van der Waals surface area (Å²) in [6.45, 7) is -0.152. The number of nitrogens with zero attached hydrogens (tertiary/aromatic N) is 2. The molecule has 1 heterocycles. The van der Waals surface area contributed by atoms with E-state index in [0.717, 1.165) is 5.56 Å². The van der Waals surface area contributed by atoms with Gasteiger partial charge in [-0.3, -0.25) is 14.2 Å². The van der Waals surface area contributed by atoms with Gasteiger partial charge in [0, 0.05) is 35.5 Å². The van der Waals surface area contributed by atoms with E-state index in [1.807, 2.05) is 30.3 Å². The third-order valence-electron chi connectivity index (χ3n) is 3.90. The molecule has 0 spiro atoms. The molecule has 0 aliphatic carbocycles. The van der Waals surface area contributed by atoms with Crippen LogP contribution in [0.4, 0.5) is 5.69 Å². The molecule has 0 bridgehead atoms. The number of amides is 1. The molecule has 1 N–H and O–H groups in total. The van der Waals surface area contributed by atoms with Crippen LogP contribution >= 0.6 is 0 Å². The highest BCUT2D eigenvalue weighted by Crippen LogP contribution is 2.25. The minimum absolute atomic E-state index is 0.152. The van der Waals surface area contributed by atoms with E-state index >= 15 is 0 Å². The van der Waals surface area contributed by atoms with Gasteiger partial charge in [0.1, 0.15) is 18.0 Å². The fourth-order valence-electron chi connectivity index (χ4n) is 2.55. The number of methoxy groups -OCH3 is 2. The molecule has 0 saturated carbocycles. The topological polar surface area (TPSA) is 82.5 Å². The summed E-state index contributed by atoms with van der Waals surface area (Å²) in [4.78, 5) is 28.9. The molecular formula is C20H19N3O4. The zero-order chi connectivity index (χ0) is 19.2. The van der Waals surface area contributed by atoms with Crippen molar-refractivity contribution in [3.63, 3.8) is 0 Å². The van der Waals surface area contributed by atoms with Gasteiger partial charge < -0.3 is 14.8 Å². The number of ether oxygens (including phenoxy) is 2. The lowest BCUT2D eigenvalue weighted by Crippen LogP contribution is -2.27. The van der Waals surface area contributed by atoms with Gasteiger partial charge in [0.2, 0.25) is 5.91 Å². The van der Waals surface area contributed by atoms with Crippen LogP contribution in [0.5, 0.6) is 11.5 Å². The zero-order valence-electron chi connectivity index (χ0n) is 15.0. The maximum absolute atomic E-state index is 12.3. The Balaban J connectivity index is 1.74. The molecule has 0 fully saturated rings. The second kappa shape index (κ2) is 8.18. The molecule has 7 nitrogen and oxygen atoms in total. The van der Waals surface area contributed by atoms with Crippen molar-refractivity contribution in [3.05, 3.63) is 71.3 Å². The van der Waals surface area contributed by atoms with Crippen LogP contribution < -0.4 is 20.3 Å². The van der Waals surface area contributed by atoms with Gasteiger partial charge in [0.25, 0.3) is 5.56 Å². The van der Waals surface area contributed by atoms with E-state index < -0.39 is 0 Å². The van der Waals surface area contributed by atoms with Crippen molar-refractivity contribution in [2.75, 3.05) is 19.5 Å². The summed E-state index contributed by atoms with van der Waals surface area (Å²) in [6, 6.07) is 15.8. The molecule has 27 heavy (non-hydrogen) atoms. The Bertz CT molecular complexity index is 977. The van der Waals surface area contributed by atoms with Gasteiger partial charge in [-0.15, -0.1) is 0 Å². The van der Waals surface area contributed by atoms with E-state index in [2.05, 4.69) is 10.3 Å². The van der Waals surface area contributed by atoms with Crippen LogP contribution in [0.1, 0.15) is 0 Å². The molecule has 0 atom stereocenters. The third kappa shape index (κ3) is 4.52. The first-order valence-electron chi connectivity index (χ1n) is 8.24. The van der Waals surface area contributed by atoms with Crippen LogP contribution in [0, 0.1) is 0 Å². The predicted octanol–water partition coefficient (Wildman–Crippen LogP) is 2.57. The largest absolute Gasteiger partial charge is 0.497 e. The summed E-state index contributed by atoms with van der Waals surface area (Å²) in [5, 5.41) is 2.73. The molecule has 3 aromatic rings. The maximum atomic E-state index is 12.3. The van der Waals surface area contributed by atoms with Gasteiger partial charge in [-0.05, 0) is 0 Å². The minimum Gasteiger partial charge on any atom is -0.497 e. The summed E-state index contributed by atoms with van der Waals surface area (Å²) < 4.78 is 11.6. The number of anilines is 1. The number of carbonyl (C=O) groups excluding carboxylic acids is 1. The maximum Gasteiger partial charge on any atom is 0.254 e. The van der Waals surface area contributed by atoms with E-state index in [1.165, 1.54) is 31.2 Å². The molecule has 1 aromatic heterocycles. The van der Waals surface area contributed by atoms with Crippen LogP contribution in [0.3, 0.4) is 0 Å². The highest BCUT2D eigenvalue weighted by Gasteiger charge is 2.09. The lowest BCUT2D eigenvalue weighted by atomic mass is 10.1. The van der Waals surface area contributed by atoms with Gasteiger partial charge in [0.05, 0.1) is 26.2 Å². The Labute approximate surface area is 156 Å². The molecule has 0 saturated heterocycles. The van der Waals surface area contributed by atoms with E-state index in [4.69, 9.17) is 9.47 Å². The van der Waals surface area contributed by atoms with E-state index in [-0.39, 0.29) is 18.0 Å². The Morgan fingerprint density at radius 1 is 1.04 bits per heavy atom. The summed E-state index contributed by atoms with van der Waals surface area (Å²) in [5.41, 5.74) is 1.62. The van der Waals surface area contributed by atoms with Crippen molar-refractivity contribution in [1.82, 2.24) is 9.55 Å². The molecule has 0 aliphatic heterocycles. The molecule has 138 valence electrons. The summed E-state index contributed by atoms with van der Waals surface area (Å²) in [6.07, 6.45) is 1.37. The average molecular weight is 365 g/mol. The molecule has 0 radical (unpaired) electrons. The normalized spacial score (nSPS) is 10.3. The second-order valence-corrected chi connectivity index (χ2v) is 5.76. The molecule has 0 aliphatic rings. The van der Waals surface area contributed by atoms with Gasteiger partial charge in [0.15, 0.2) is 0 Å². The Morgan fingerprint density at radius 3 is 2.30 bits per heavy atom. The highest BCUT2D eigenvalue weighted by molar-refractivity contribution is 5.91. The SMILES string of the molecule is COc1cc(NC(=O)Cn2cnc(-c3ccccc3)cc2=O)cc(OC)c1. The Morgan fingerprint density at radius 2 is 1.70 bits per heavy atom. The quantitative estimate of drug-likeness (QED) is 0.726. The fourth-order valence-corrected chi connectivity index (χ4v) is 2.55. The fraction of sp³-hybridized carbons (Fsp3) is 0.150. The van der Waals surface area contributed by atoms with E-state index in [0.29, 0.717) is 22.9 Å². The third-order valence-corrected chi connectivity index (χ3v) is 3.90. The van der Waals surface area contributed by atoms with Crippen molar-refractivity contribution < 1.29 is 14.3 Å². The predicted molar refractivity (Wildman–Crippen MR) is 102 cm³/mol. The standard InChI is InChI=1S/C20H19N3O4/c1-26-16-8-15(9-17(10-16)27-2)22-19(24)12-23-13-21-18(11-20(23)25)14-6-4-3-5-7-14/h3-11,13H,12H2,1-2H3,(H,22,24). The number of benzene rings is 2. The lowest BCUT2D eigenvalue weighted by molar-refractivity contribution is -0.116. The molecule has 0 unspecified atom stereocenters. The smallest absolute Gasteiger partial charge is 0.254 e. The molecule has 7 heteroatoms. The molecule has 2 aromatic carbocycles. The Hall–Kier alpha value is -3.61. The Kier molecular flexibility index (Phi) is 5.51. The van der Waals surface area contributed by atoms with E-state index in [1.54, 1.807) is 18.2 Å². The number of hydrogen-bond donors (Lipinski definition) is 1. The highest BCUT2D eigenvalue weighted by atomic mass is 16.5. The van der Waals surface area contributed by atoms with E-state index in [9.17, 15) is 9.59 Å². The first-order chi connectivity index (χ1) is 13.1. The number of rotatable bonds is 6. The van der Waals surface area contributed by atoms with Crippen molar-refractivity contribution in [2.45, 2.75) is 6.54 Å². The first kappa shape index (κ1) is 18.2. The van der Waals surface area contributed by atoms with Crippen molar-refractivity contribution in [3.8, 4) is 22.8 Å². The van der Waals surface area contributed by atoms with Gasteiger partial charge in [-0.25, -0.2) is 4.98 Å². The van der Waals surface area contributed by atoms with Crippen molar-refractivity contribution >= 4 is 11.6 Å². The molecule has 3 rings (SSSR count). The summed E-state index contributed by atoms with van der Waals surface area (Å²) in [7, 11) is 3.06. The van der Waals surface area contributed by atoms with Crippen molar-refractivity contribution in [1.29, 1.82) is 0 Å². The first-order valence-corrected chi connectivity index (χ1v) is 8.24. The van der Waals surface area contributed by atoms with Gasteiger partial charge in [-0.1, -0.05) is 30.3 Å². The number of aromatic nitrogens is 2. The summed E-state index contributed by atoms with van der Waals surface area (Å²) in [5.74, 6) is 0.744. The van der Waals surface area contributed by atoms with Gasteiger partial charge >= 0.3 is 0 Å². The van der Waals surface area contributed by atoms with Crippen LogP contribution in [0.2, 0.25) is 0 Å². The van der Waals surface area contributed by atoms with Crippen LogP contribution in [-0.4, -0.2) is 29.7 Å². The average Bonchev–Trinajstić information content (AvgIpc) is 2.69. The van der Waals surface area contributed by atoms with Crippen LogP contribution in [-0.2, 0) is 11.3 Å². The van der Waals surface area contributed by atoms with Crippen molar-refractivity contribution in [2.24, 2.45) is 0 Å². The molecule has 1 amide bonds. The van der Waals surface area contributed by atoms with Crippen LogP contribution in [0.15, 0.2) is 65.7 Å². The lowest BCUT2D eigenvalue weighted by Gasteiger charge is -2.11. The number of carbonyl (C=O) groups is 1. The second-order valence-electron chi connectivity index (χ2n) is 5.76. The van der Waals surface area contributed by atoms with Crippen LogP contribution in [0.25, 0.3) is 11.3 Å². The molecular weight excluding hydrogens is 346 g/mol. The monoisotopic (exact) mass is 365 g/mol. The number of hydrogen-bond acceptors (Lipinski definition) is 5. The number of nitrogens with one attached hydrogen (secondary N) is 1. The zero-order valence-corrected chi connectivity index (χ0v) is 15.0. The minimum atomic E-state index is -0.360.